The summed E-state index contributed by atoms with van der Waals surface area (Å²) in [6, 6.07) is 0. The van der Waals surface area contributed by atoms with Gasteiger partial charge in [0.25, 0.3) is 0 Å². The van der Waals surface area contributed by atoms with Gasteiger partial charge in [0.05, 0.1) is 6.42 Å². The standard InChI is InChI=1S/C14H20N2O3/c1-14(7-4-8-18-14)13-15-12(19-16-13)9-11(17)10-5-2-3-6-10/h10H,2-9H2,1H3. The second-order valence-electron chi connectivity index (χ2n) is 5.82. The summed E-state index contributed by atoms with van der Waals surface area (Å²) in [4.78, 5) is 16.4. The average Bonchev–Trinajstić information content (AvgIpc) is 3.09. The molecule has 1 unspecified atom stereocenters. The van der Waals surface area contributed by atoms with Crippen molar-refractivity contribution < 1.29 is 14.1 Å². The van der Waals surface area contributed by atoms with E-state index in [2.05, 4.69) is 10.1 Å². The summed E-state index contributed by atoms with van der Waals surface area (Å²) in [5.74, 6) is 1.46. The van der Waals surface area contributed by atoms with Gasteiger partial charge in [0.15, 0.2) is 0 Å². The van der Waals surface area contributed by atoms with E-state index in [1.807, 2.05) is 6.92 Å². The Hall–Kier alpha value is -1.23. The first-order chi connectivity index (χ1) is 9.17. The summed E-state index contributed by atoms with van der Waals surface area (Å²) in [6.45, 7) is 2.72. The number of rotatable bonds is 4. The number of aromatic nitrogens is 2. The third kappa shape index (κ3) is 2.56. The summed E-state index contributed by atoms with van der Waals surface area (Å²) >= 11 is 0. The van der Waals surface area contributed by atoms with Crippen LogP contribution in [0.5, 0.6) is 0 Å². The van der Waals surface area contributed by atoms with Gasteiger partial charge in [-0.2, -0.15) is 4.98 Å². The molecule has 1 aromatic heterocycles. The molecule has 5 nitrogen and oxygen atoms in total. The number of ketones is 1. The van der Waals surface area contributed by atoms with Crippen molar-refractivity contribution >= 4 is 5.78 Å². The molecule has 0 N–H and O–H groups in total. The molecule has 1 aliphatic heterocycles. The summed E-state index contributed by atoms with van der Waals surface area (Å²) in [7, 11) is 0. The fraction of sp³-hybridized carbons (Fsp3) is 0.786. The summed E-state index contributed by atoms with van der Waals surface area (Å²) in [5, 5.41) is 3.99. The van der Waals surface area contributed by atoms with E-state index in [1.165, 1.54) is 0 Å². The van der Waals surface area contributed by atoms with Crippen LogP contribution in [0.3, 0.4) is 0 Å². The van der Waals surface area contributed by atoms with E-state index in [1.54, 1.807) is 0 Å². The topological polar surface area (TPSA) is 65.2 Å². The first-order valence-electron chi connectivity index (χ1n) is 7.17. The highest BCUT2D eigenvalue weighted by Crippen LogP contribution is 2.33. The van der Waals surface area contributed by atoms with Gasteiger partial charge in [0.1, 0.15) is 11.4 Å². The third-order valence-electron chi connectivity index (χ3n) is 4.30. The average molecular weight is 264 g/mol. The van der Waals surface area contributed by atoms with Crippen LogP contribution in [0.2, 0.25) is 0 Å². The molecule has 2 fully saturated rings. The molecule has 0 spiro atoms. The maximum atomic E-state index is 12.1. The molecule has 0 aromatic carbocycles. The van der Waals surface area contributed by atoms with Crippen molar-refractivity contribution in [2.24, 2.45) is 5.92 Å². The second kappa shape index (κ2) is 5.04. The highest BCUT2D eigenvalue weighted by Gasteiger charge is 2.37. The molecular weight excluding hydrogens is 244 g/mol. The smallest absolute Gasteiger partial charge is 0.234 e. The van der Waals surface area contributed by atoms with Crippen molar-refractivity contribution in [1.82, 2.24) is 10.1 Å². The maximum Gasteiger partial charge on any atom is 0.234 e. The maximum absolute atomic E-state index is 12.1. The molecule has 5 heteroatoms. The number of hydrogen-bond donors (Lipinski definition) is 0. The Morgan fingerprint density at radius 1 is 1.37 bits per heavy atom. The van der Waals surface area contributed by atoms with E-state index in [0.29, 0.717) is 11.7 Å². The largest absolute Gasteiger partial charge is 0.367 e. The lowest BCUT2D eigenvalue weighted by atomic mass is 10.00. The quantitative estimate of drug-likeness (QED) is 0.835. The van der Waals surface area contributed by atoms with Crippen LogP contribution in [-0.4, -0.2) is 22.5 Å². The second-order valence-corrected chi connectivity index (χ2v) is 5.82. The molecule has 1 atom stereocenters. The lowest BCUT2D eigenvalue weighted by molar-refractivity contribution is -0.122. The number of carbonyl (C=O) groups excluding carboxylic acids is 1. The first-order valence-corrected chi connectivity index (χ1v) is 7.17. The molecular formula is C14H20N2O3. The van der Waals surface area contributed by atoms with Gasteiger partial charge >= 0.3 is 0 Å². The molecule has 2 heterocycles. The molecule has 0 amide bonds. The minimum atomic E-state index is -0.432. The zero-order chi connectivity index (χ0) is 13.3. The van der Waals surface area contributed by atoms with Gasteiger partial charge in [-0.25, -0.2) is 0 Å². The summed E-state index contributed by atoms with van der Waals surface area (Å²) in [6.07, 6.45) is 6.55. The van der Waals surface area contributed by atoms with Crippen molar-refractivity contribution in [3.63, 3.8) is 0 Å². The van der Waals surface area contributed by atoms with Crippen molar-refractivity contribution in [3.8, 4) is 0 Å². The molecule has 0 bridgehead atoms. The molecule has 0 radical (unpaired) electrons. The van der Waals surface area contributed by atoms with Gasteiger partial charge in [-0.3, -0.25) is 4.79 Å². The van der Waals surface area contributed by atoms with Gasteiger partial charge in [0, 0.05) is 12.5 Å². The SMILES string of the molecule is CC1(c2noc(CC(=O)C3CCCC3)n2)CCCO1. The Labute approximate surface area is 112 Å². The Morgan fingerprint density at radius 2 is 2.16 bits per heavy atom. The molecule has 2 aliphatic rings. The minimum absolute atomic E-state index is 0.202. The van der Waals surface area contributed by atoms with E-state index < -0.39 is 5.60 Å². The zero-order valence-electron chi connectivity index (χ0n) is 11.4. The lowest BCUT2D eigenvalue weighted by Crippen LogP contribution is -2.22. The fourth-order valence-electron chi connectivity index (χ4n) is 3.04. The number of ether oxygens (including phenoxy) is 1. The van der Waals surface area contributed by atoms with E-state index >= 15 is 0 Å². The summed E-state index contributed by atoms with van der Waals surface area (Å²) < 4.78 is 10.9. The highest BCUT2D eigenvalue weighted by atomic mass is 16.5. The Morgan fingerprint density at radius 3 is 2.84 bits per heavy atom. The van der Waals surface area contributed by atoms with E-state index in [4.69, 9.17) is 9.26 Å². The molecule has 3 rings (SSSR count). The van der Waals surface area contributed by atoms with Gasteiger partial charge in [0.2, 0.25) is 11.7 Å². The Kier molecular flexibility index (Phi) is 3.39. The van der Waals surface area contributed by atoms with E-state index in [-0.39, 0.29) is 18.1 Å². The van der Waals surface area contributed by atoms with Crippen LogP contribution in [0.4, 0.5) is 0 Å². The number of nitrogens with zero attached hydrogens (tertiary/aromatic N) is 2. The normalized spacial score (nSPS) is 28.1. The van der Waals surface area contributed by atoms with Crippen LogP contribution in [-0.2, 0) is 21.6 Å². The third-order valence-corrected chi connectivity index (χ3v) is 4.30. The number of carbonyl (C=O) groups is 1. The monoisotopic (exact) mass is 264 g/mol. The Bertz CT molecular complexity index is 457. The number of hydrogen-bond acceptors (Lipinski definition) is 5. The van der Waals surface area contributed by atoms with Crippen molar-refractivity contribution in [3.05, 3.63) is 11.7 Å². The fourth-order valence-corrected chi connectivity index (χ4v) is 3.04. The predicted molar refractivity (Wildman–Crippen MR) is 67.5 cm³/mol. The van der Waals surface area contributed by atoms with Crippen molar-refractivity contribution in [2.45, 2.75) is 57.5 Å². The minimum Gasteiger partial charge on any atom is -0.367 e. The van der Waals surface area contributed by atoms with Crippen LogP contribution < -0.4 is 0 Å². The zero-order valence-corrected chi connectivity index (χ0v) is 11.4. The summed E-state index contributed by atoms with van der Waals surface area (Å²) in [5.41, 5.74) is -0.432. The molecule has 1 aromatic rings. The first kappa shape index (κ1) is 12.8. The van der Waals surface area contributed by atoms with Crippen LogP contribution in [0.1, 0.15) is 57.2 Å². The Balaban J connectivity index is 1.66. The molecule has 1 aliphatic carbocycles. The predicted octanol–water partition coefficient (Wildman–Crippen LogP) is 2.40. The van der Waals surface area contributed by atoms with Crippen LogP contribution in [0.15, 0.2) is 4.52 Å². The van der Waals surface area contributed by atoms with Crippen LogP contribution in [0, 0.1) is 5.92 Å². The van der Waals surface area contributed by atoms with Gasteiger partial charge in [-0.1, -0.05) is 18.0 Å². The van der Waals surface area contributed by atoms with E-state index in [9.17, 15) is 4.79 Å². The molecule has 19 heavy (non-hydrogen) atoms. The van der Waals surface area contributed by atoms with Crippen molar-refractivity contribution in [2.75, 3.05) is 6.61 Å². The van der Waals surface area contributed by atoms with Gasteiger partial charge in [-0.15, -0.1) is 0 Å². The molecule has 1 saturated carbocycles. The molecule has 1 saturated heterocycles. The van der Waals surface area contributed by atoms with Crippen LogP contribution >= 0.6 is 0 Å². The van der Waals surface area contributed by atoms with Crippen LogP contribution in [0.25, 0.3) is 0 Å². The van der Waals surface area contributed by atoms with E-state index in [0.717, 1.165) is 45.1 Å². The van der Waals surface area contributed by atoms with Gasteiger partial charge in [-0.05, 0) is 32.6 Å². The number of Topliss-reactive ketones (excluding diaryl/α,β-unsaturated/α-hetero) is 1. The van der Waals surface area contributed by atoms with Gasteiger partial charge < -0.3 is 9.26 Å². The lowest BCUT2D eigenvalue weighted by Gasteiger charge is -2.17. The molecule has 104 valence electrons. The highest BCUT2D eigenvalue weighted by molar-refractivity contribution is 5.82. The van der Waals surface area contributed by atoms with Crippen molar-refractivity contribution in [1.29, 1.82) is 0 Å².